The first kappa shape index (κ1) is 14.0. The predicted molar refractivity (Wildman–Crippen MR) is 72.4 cm³/mol. The third kappa shape index (κ3) is 2.78. The summed E-state index contributed by atoms with van der Waals surface area (Å²) >= 11 is 0. The first-order chi connectivity index (χ1) is 9.46. The van der Waals surface area contributed by atoms with E-state index in [1.807, 2.05) is 13.0 Å². The number of sulfonamides is 1. The van der Waals surface area contributed by atoms with E-state index in [4.69, 9.17) is 5.26 Å². The lowest BCUT2D eigenvalue weighted by Gasteiger charge is -2.05. The van der Waals surface area contributed by atoms with Crippen LogP contribution >= 0.6 is 0 Å². The number of hydrogen-bond donors (Lipinski definition) is 1. The fourth-order valence-electron chi connectivity index (χ4n) is 1.69. The summed E-state index contributed by atoms with van der Waals surface area (Å²) in [5, 5.41) is 8.69. The van der Waals surface area contributed by atoms with Crippen LogP contribution in [0.4, 0.5) is 5.69 Å². The molecule has 0 fully saturated rings. The summed E-state index contributed by atoms with van der Waals surface area (Å²) in [6.45, 7) is 4.28. The van der Waals surface area contributed by atoms with Gasteiger partial charge in [0.15, 0.2) is 5.03 Å². The molecule has 0 bridgehead atoms. The first-order valence-corrected chi connectivity index (χ1v) is 7.37. The lowest BCUT2D eigenvalue weighted by Crippen LogP contribution is -2.13. The highest BCUT2D eigenvalue weighted by Gasteiger charge is 2.19. The molecule has 0 aliphatic heterocycles. The molecule has 0 spiro atoms. The number of aromatic nitrogens is 3. The molecule has 7 nitrogen and oxygen atoms in total. The van der Waals surface area contributed by atoms with Crippen LogP contribution in [0.5, 0.6) is 0 Å². The minimum absolute atomic E-state index is 0.0489. The highest BCUT2D eigenvalue weighted by atomic mass is 32.2. The van der Waals surface area contributed by atoms with Crippen molar-refractivity contribution in [1.29, 1.82) is 5.26 Å². The molecule has 20 heavy (non-hydrogen) atoms. The number of anilines is 1. The second kappa shape index (κ2) is 5.30. The number of nitrogens with zero attached hydrogens (tertiary/aromatic N) is 4. The molecule has 0 aliphatic rings. The zero-order valence-corrected chi connectivity index (χ0v) is 11.8. The van der Waals surface area contributed by atoms with Crippen molar-refractivity contribution >= 4 is 15.7 Å². The molecule has 0 atom stereocenters. The van der Waals surface area contributed by atoms with Gasteiger partial charge in [-0.1, -0.05) is 0 Å². The van der Waals surface area contributed by atoms with Gasteiger partial charge in [0.05, 0.1) is 5.69 Å². The minimum Gasteiger partial charge on any atom is -0.334 e. The van der Waals surface area contributed by atoms with Crippen molar-refractivity contribution in [2.45, 2.75) is 25.4 Å². The van der Waals surface area contributed by atoms with Crippen molar-refractivity contribution < 1.29 is 8.42 Å². The van der Waals surface area contributed by atoms with Crippen LogP contribution in [-0.2, 0) is 16.6 Å². The normalized spacial score (nSPS) is 11.1. The van der Waals surface area contributed by atoms with Gasteiger partial charge in [-0.05, 0) is 26.0 Å². The second-order valence-corrected chi connectivity index (χ2v) is 5.69. The zero-order valence-electron chi connectivity index (χ0n) is 11.0. The monoisotopic (exact) mass is 291 g/mol. The summed E-state index contributed by atoms with van der Waals surface area (Å²) in [6, 6.07) is 4.69. The van der Waals surface area contributed by atoms with E-state index < -0.39 is 10.0 Å². The molecule has 0 amide bonds. The molecule has 0 unspecified atom stereocenters. The van der Waals surface area contributed by atoms with Crippen LogP contribution in [0, 0.1) is 18.3 Å². The average molecular weight is 291 g/mol. The van der Waals surface area contributed by atoms with Crippen LogP contribution in [0.3, 0.4) is 0 Å². The van der Waals surface area contributed by atoms with E-state index in [9.17, 15) is 8.42 Å². The number of aryl methyl sites for hydroxylation is 2. The lowest BCUT2D eigenvalue weighted by molar-refractivity contribution is 0.598. The smallest absolute Gasteiger partial charge is 0.280 e. The fourth-order valence-corrected chi connectivity index (χ4v) is 2.75. The second-order valence-electron chi connectivity index (χ2n) is 4.06. The van der Waals surface area contributed by atoms with Crippen LogP contribution in [0.15, 0.2) is 29.6 Å². The van der Waals surface area contributed by atoms with Crippen LogP contribution in [-0.4, -0.2) is 23.0 Å². The molecule has 0 aliphatic carbocycles. The molecular weight excluding hydrogens is 278 g/mol. The number of nitrogens with one attached hydrogen (secondary N) is 1. The van der Waals surface area contributed by atoms with E-state index >= 15 is 0 Å². The van der Waals surface area contributed by atoms with Crippen LogP contribution in [0.2, 0.25) is 0 Å². The maximum Gasteiger partial charge on any atom is 0.280 e. The summed E-state index contributed by atoms with van der Waals surface area (Å²) in [5.41, 5.74) is 0.417. The van der Waals surface area contributed by atoms with Gasteiger partial charge in [0.1, 0.15) is 17.6 Å². The number of rotatable bonds is 4. The van der Waals surface area contributed by atoms with Crippen molar-refractivity contribution in [3.05, 3.63) is 36.0 Å². The Labute approximate surface area is 117 Å². The average Bonchev–Trinajstić information content (AvgIpc) is 2.80. The van der Waals surface area contributed by atoms with Gasteiger partial charge in [0.25, 0.3) is 10.0 Å². The molecule has 104 valence electrons. The fraction of sp³-hybridized carbons (Fsp3) is 0.250. The number of hydrogen-bond acceptors (Lipinski definition) is 5. The van der Waals surface area contributed by atoms with Gasteiger partial charge in [0, 0.05) is 18.9 Å². The largest absolute Gasteiger partial charge is 0.334 e. The standard InChI is InChI=1S/C12H13N5O2S/c1-3-17-8-12(15-9(17)2)20(18,19)16-10-4-5-14-11(6-10)7-13/h4-6,8H,3H2,1-2H3,(H,14,16). The van der Waals surface area contributed by atoms with Gasteiger partial charge in [-0.15, -0.1) is 0 Å². The molecule has 2 aromatic rings. The Morgan fingerprint density at radius 2 is 2.25 bits per heavy atom. The third-order valence-corrected chi connectivity index (χ3v) is 3.95. The minimum atomic E-state index is -3.77. The van der Waals surface area contributed by atoms with E-state index in [0.717, 1.165) is 0 Å². The molecule has 2 heterocycles. The van der Waals surface area contributed by atoms with Gasteiger partial charge < -0.3 is 4.57 Å². The molecule has 0 saturated heterocycles. The van der Waals surface area contributed by atoms with Crippen LogP contribution in [0.1, 0.15) is 18.4 Å². The van der Waals surface area contributed by atoms with E-state index in [2.05, 4.69) is 14.7 Å². The third-order valence-electron chi connectivity index (χ3n) is 2.70. The Bertz CT molecular complexity index is 773. The summed E-state index contributed by atoms with van der Waals surface area (Å²) in [5.74, 6) is 0.625. The van der Waals surface area contributed by atoms with E-state index in [-0.39, 0.29) is 16.4 Å². The molecule has 8 heteroatoms. The predicted octanol–water partition coefficient (Wildman–Crippen LogP) is 1.28. The number of imidazole rings is 1. The van der Waals surface area contributed by atoms with Crippen molar-refractivity contribution in [3.8, 4) is 6.07 Å². The van der Waals surface area contributed by atoms with E-state index in [1.54, 1.807) is 11.5 Å². The summed E-state index contributed by atoms with van der Waals surface area (Å²) in [7, 11) is -3.77. The Morgan fingerprint density at radius 1 is 1.50 bits per heavy atom. The van der Waals surface area contributed by atoms with Gasteiger partial charge >= 0.3 is 0 Å². The van der Waals surface area contributed by atoms with Gasteiger partial charge in [-0.25, -0.2) is 9.97 Å². The van der Waals surface area contributed by atoms with Crippen molar-refractivity contribution in [2.75, 3.05) is 4.72 Å². The molecule has 1 N–H and O–H groups in total. The molecular formula is C12H13N5O2S. The summed E-state index contributed by atoms with van der Waals surface area (Å²) in [6.07, 6.45) is 2.84. The lowest BCUT2D eigenvalue weighted by atomic mass is 10.3. The Kier molecular flexibility index (Phi) is 3.72. The van der Waals surface area contributed by atoms with Gasteiger partial charge in [-0.2, -0.15) is 13.7 Å². The summed E-state index contributed by atoms with van der Waals surface area (Å²) in [4.78, 5) is 7.80. The topological polar surface area (TPSA) is 101 Å². The molecule has 0 saturated carbocycles. The highest BCUT2D eigenvalue weighted by Crippen LogP contribution is 2.15. The Hall–Kier alpha value is -2.40. The Morgan fingerprint density at radius 3 is 2.85 bits per heavy atom. The van der Waals surface area contributed by atoms with Gasteiger partial charge in [-0.3, -0.25) is 4.72 Å². The first-order valence-electron chi connectivity index (χ1n) is 5.89. The molecule has 2 rings (SSSR count). The van der Waals surface area contributed by atoms with Crippen molar-refractivity contribution in [3.63, 3.8) is 0 Å². The SMILES string of the molecule is CCn1cc(S(=O)(=O)Nc2ccnc(C#N)c2)nc1C. The molecule has 0 aromatic carbocycles. The van der Waals surface area contributed by atoms with E-state index in [0.29, 0.717) is 12.4 Å². The van der Waals surface area contributed by atoms with Crippen LogP contribution in [0.25, 0.3) is 0 Å². The van der Waals surface area contributed by atoms with E-state index in [1.165, 1.54) is 24.5 Å². The summed E-state index contributed by atoms with van der Waals surface area (Å²) < 4.78 is 28.5. The van der Waals surface area contributed by atoms with Gasteiger partial charge in [0.2, 0.25) is 0 Å². The highest BCUT2D eigenvalue weighted by molar-refractivity contribution is 7.92. The number of pyridine rings is 1. The maximum atomic E-state index is 12.2. The van der Waals surface area contributed by atoms with Crippen molar-refractivity contribution in [2.24, 2.45) is 0 Å². The number of nitriles is 1. The van der Waals surface area contributed by atoms with Crippen LogP contribution < -0.4 is 4.72 Å². The molecule has 2 aromatic heterocycles. The van der Waals surface area contributed by atoms with Crippen molar-refractivity contribution in [1.82, 2.24) is 14.5 Å². The zero-order chi connectivity index (χ0) is 14.8. The Balaban J connectivity index is 2.33. The maximum absolute atomic E-state index is 12.2. The quantitative estimate of drug-likeness (QED) is 0.914. The molecule has 0 radical (unpaired) electrons.